The van der Waals surface area contributed by atoms with Crippen LogP contribution in [0, 0.1) is 0 Å². The molecule has 1 amide bonds. The van der Waals surface area contributed by atoms with Gasteiger partial charge in [-0.25, -0.2) is 0 Å². The van der Waals surface area contributed by atoms with Gasteiger partial charge in [-0.05, 0) is 35.9 Å². The molecule has 25 heavy (non-hydrogen) atoms. The first kappa shape index (κ1) is 17.5. The fourth-order valence-corrected chi connectivity index (χ4v) is 3.67. The number of thioether (sulfide) groups is 1. The van der Waals surface area contributed by atoms with Crippen molar-refractivity contribution in [3.05, 3.63) is 77.2 Å². The van der Waals surface area contributed by atoms with Crippen molar-refractivity contribution in [2.75, 3.05) is 23.9 Å². The van der Waals surface area contributed by atoms with Crippen molar-refractivity contribution in [1.82, 2.24) is 0 Å². The van der Waals surface area contributed by atoms with Crippen LogP contribution in [0.3, 0.4) is 0 Å². The summed E-state index contributed by atoms with van der Waals surface area (Å²) in [5, 5.41) is 0. The Morgan fingerprint density at radius 2 is 1.72 bits per heavy atom. The summed E-state index contributed by atoms with van der Waals surface area (Å²) in [5.41, 5.74) is 2.97. The van der Waals surface area contributed by atoms with E-state index >= 15 is 0 Å². The van der Waals surface area contributed by atoms with Gasteiger partial charge in [0, 0.05) is 19.8 Å². The number of hydrogen-bond donors (Lipinski definition) is 0. The zero-order valence-corrected chi connectivity index (χ0v) is 15.7. The molecule has 1 saturated heterocycles. The molecular weight excluding hydrogens is 348 g/mol. The smallest absolute Gasteiger partial charge is 0.270 e. The van der Waals surface area contributed by atoms with Crippen LogP contribution in [0.2, 0.25) is 0 Å². The molecule has 1 aliphatic heterocycles. The lowest BCUT2D eigenvalue weighted by Gasteiger charge is -2.17. The van der Waals surface area contributed by atoms with Crippen molar-refractivity contribution in [2.24, 2.45) is 0 Å². The van der Waals surface area contributed by atoms with Crippen LogP contribution >= 0.6 is 24.0 Å². The number of nitrogens with zero attached hydrogens (tertiary/aromatic N) is 2. The number of thiocarbonyl (C=S) groups is 1. The zero-order valence-electron chi connectivity index (χ0n) is 14.0. The second-order valence-corrected chi connectivity index (χ2v) is 7.40. The van der Waals surface area contributed by atoms with Gasteiger partial charge in [0.05, 0.1) is 10.6 Å². The second kappa shape index (κ2) is 7.68. The van der Waals surface area contributed by atoms with Crippen molar-refractivity contribution >= 4 is 51.7 Å². The zero-order chi connectivity index (χ0) is 17.8. The Kier molecular flexibility index (Phi) is 5.36. The first-order valence-electron chi connectivity index (χ1n) is 7.83. The van der Waals surface area contributed by atoms with E-state index in [-0.39, 0.29) is 5.91 Å². The summed E-state index contributed by atoms with van der Waals surface area (Å²) in [6, 6.07) is 17.8. The van der Waals surface area contributed by atoms with Gasteiger partial charge in [-0.15, -0.1) is 0 Å². The Balaban J connectivity index is 1.78. The molecule has 2 aromatic carbocycles. The first-order chi connectivity index (χ1) is 12.1. The molecular formula is C20H18N2OS2. The van der Waals surface area contributed by atoms with Gasteiger partial charge in [0.25, 0.3) is 5.91 Å². The van der Waals surface area contributed by atoms with Crippen LogP contribution in [0.5, 0.6) is 0 Å². The van der Waals surface area contributed by atoms with Crippen LogP contribution < -0.4 is 9.80 Å². The fourth-order valence-electron chi connectivity index (χ4n) is 2.42. The summed E-state index contributed by atoms with van der Waals surface area (Å²) < 4.78 is 0.557. The number of benzene rings is 2. The molecule has 0 saturated carbocycles. The molecule has 0 aliphatic carbocycles. The normalized spacial score (nSPS) is 16.2. The van der Waals surface area contributed by atoms with Gasteiger partial charge in [-0.3, -0.25) is 9.69 Å². The Hall–Kier alpha value is -2.37. The molecule has 0 unspecified atom stereocenters. The van der Waals surface area contributed by atoms with Crippen LogP contribution in [-0.2, 0) is 4.79 Å². The lowest BCUT2D eigenvalue weighted by molar-refractivity contribution is -0.113. The van der Waals surface area contributed by atoms with E-state index in [1.807, 2.05) is 91.8 Å². The molecule has 0 aromatic heterocycles. The van der Waals surface area contributed by atoms with Crippen LogP contribution in [0.15, 0.2) is 71.7 Å². The van der Waals surface area contributed by atoms with Gasteiger partial charge < -0.3 is 4.90 Å². The average molecular weight is 367 g/mol. The van der Waals surface area contributed by atoms with Gasteiger partial charge in [0.15, 0.2) is 4.32 Å². The molecule has 5 heteroatoms. The molecule has 1 fully saturated rings. The Bertz CT molecular complexity index is 840. The van der Waals surface area contributed by atoms with E-state index < -0.39 is 0 Å². The Morgan fingerprint density at radius 3 is 2.36 bits per heavy atom. The number of rotatable bonds is 4. The summed E-state index contributed by atoms with van der Waals surface area (Å²) in [6.07, 6.45) is 5.68. The van der Waals surface area contributed by atoms with Crippen molar-refractivity contribution in [2.45, 2.75) is 0 Å². The van der Waals surface area contributed by atoms with E-state index in [0.29, 0.717) is 9.23 Å². The highest BCUT2D eigenvalue weighted by Gasteiger charge is 2.32. The molecule has 3 rings (SSSR count). The quantitative estimate of drug-likeness (QED) is 0.577. The van der Waals surface area contributed by atoms with Gasteiger partial charge in [-0.1, -0.05) is 66.5 Å². The number of anilines is 2. The lowest BCUT2D eigenvalue weighted by atomic mass is 10.2. The van der Waals surface area contributed by atoms with Crippen LogP contribution in [0.1, 0.15) is 5.56 Å². The van der Waals surface area contributed by atoms with Crippen molar-refractivity contribution in [3.8, 4) is 0 Å². The molecule has 3 nitrogen and oxygen atoms in total. The number of carbonyl (C=O) groups is 1. The first-order valence-corrected chi connectivity index (χ1v) is 9.06. The summed E-state index contributed by atoms with van der Waals surface area (Å²) >= 11 is 6.73. The molecule has 0 radical (unpaired) electrons. The number of allylic oxidation sites excluding steroid dienone is 2. The molecule has 2 aromatic rings. The number of hydrogen-bond acceptors (Lipinski definition) is 4. The Labute approximate surface area is 157 Å². The molecule has 0 spiro atoms. The molecule has 0 bridgehead atoms. The minimum atomic E-state index is -0.0784. The van der Waals surface area contributed by atoms with Crippen LogP contribution in [0.4, 0.5) is 11.4 Å². The third-order valence-electron chi connectivity index (χ3n) is 3.75. The minimum absolute atomic E-state index is 0.0784. The largest absolute Gasteiger partial charge is 0.378 e. The maximum atomic E-state index is 12.7. The van der Waals surface area contributed by atoms with Gasteiger partial charge in [0.1, 0.15) is 0 Å². The van der Waals surface area contributed by atoms with E-state index in [4.69, 9.17) is 12.2 Å². The second-order valence-electron chi connectivity index (χ2n) is 5.72. The lowest BCUT2D eigenvalue weighted by Crippen LogP contribution is -2.27. The van der Waals surface area contributed by atoms with E-state index in [1.54, 1.807) is 4.90 Å². The standard InChI is InChI=1S/C20H18N2OS2/c1-21(2)16-11-13-17(14-12-16)22-19(23)18(25-20(22)24)10-6-9-15-7-4-3-5-8-15/h3-14H,1-2H3/b9-6+,18-10+. The van der Waals surface area contributed by atoms with Gasteiger partial charge in [-0.2, -0.15) is 0 Å². The fraction of sp³-hybridized carbons (Fsp3) is 0.100. The van der Waals surface area contributed by atoms with Crippen molar-refractivity contribution in [3.63, 3.8) is 0 Å². The van der Waals surface area contributed by atoms with Gasteiger partial charge in [0.2, 0.25) is 0 Å². The van der Waals surface area contributed by atoms with Crippen LogP contribution in [-0.4, -0.2) is 24.3 Å². The SMILES string of the molecule is CN(C)c1ccc(N2C(=O)/C(=C\C=C\c3ccccc3)SC2=S)cc1. The van der Waals surface area contributed by atoms with Crippen LogP contribution in [0.25, 0.3) is 6.08 Å². The molecule has 1 heterocycles. The number of carbonyl (C=O) groups excluding carboxylic acids is 1. The maximum Gasteiger partial charge on any atom is 0.270 e. The molecule has 126 valence electrons. The molecule has 1 aliphatic rings. The van der Waals surface area contributed by atoms with E-state index in [2.05, 4.69) is 0 Å². The Morgan fingerprint density at radius 1 is 1.04 bits per heavy atom. The maximum absolute atomic E-state index is 12.7. The highest BCUT2D eigenvalue weighted by Crippen LogP contribution is 2.35. The molecule has 0 atom stereocenters. The highest BCUT2D eigenvalue weighted by molar-refractivity contribution is 8.27. The number of amides is 1. The third kappa shape index (κ3) is 4.00. The highest BCUT2D eigenvalue weighted by atomic mass is 32.2. The minimum Gasteiger partial charge on any atom is -0.378 e. The molecule has 0 N–H and O–H groups in total. The topological polar surface area (TPSA) is 23.6 Å². The summed E-state index contributed by atoms with van der Waals surface area (Å²) in [4.78, 5) is 16.9. The predicted octanol–water partition coefficient (Wildman–Crippen LogP) is 4.71. The van der Waals surface area contributed by atoms with E-state index in [9.17, 15) is 4.79 Å². The van der Waals surface area contributed by atoms with E-state index in [0.717, 1.165) is 16.9 Å². The summed E-state index contributed by atoms with van der Waals surface area (Å²) in [6.45, 7) is 0. The third-order valence-corrected chi connectivity index (χ3v) is 5.07. The van der Waals surface area contributed by atoms with Gasteiger partial charge >= 0.3 is 0 Å². The van der Waals surface area contributed by atoms with Crippen molar-refractivity contribution < 1.29 is 4.79 Å². The average Bonchev–Trinajstić information content (AvgIpc) is 2.90. The van der Waals surface area contributed by atoms with Crippen molar-refractivity contribution in [1.29, 1.82) is 0 Å². The summed E-state index contributed by atoms with van der Waals surface area (Å²) in [7, 11) is 3.97. The summed E-state index contributed by atoms with van der Waals surface area (Å²) in [5.74, 6) is -0.0784. The predicted molar refractivity (Wildman–Crippen MR) is 112 cm³/mol. The van der Waals surface area contributed by atoms with E-state index in [1.165, 1.54) is 11.8 Å². The monoisotopic (exact) mass is 366 g/mol.